The maximum Gasteiger partial charge on any atom is 0.227 e. The van der Waals surface area contributed by atoms with Gasteiger partial charge in [0.2, 0.25) is 15.9 Å². The zero-order chi connectivity index (χ0) is 20.3. The average Bonchev–Trinajstić information content (AvgIpc) is 3.18. The van der Waals surface area contributed by atoms with Gasteiger partial charge in [0.05, 0.1) is 11.7 Å². The zero-order valence-electron chi connectivity index (χ0n) is 17.2. The van der Waals surface area contributed by atoms with E-state index in [0.29, 0.717) is 26.1 Å². The van der Waals surface area contributed by atoms with E-state index >= 15 is 0 Å². The molecule has 2 unspecified atom stereocenters. The number of piperidine rings is 2. The third kappa shape index (κ3) is 4.56. The maximum atomic E-state index is 13.2. The molecule has 1 aromatic rings. The van der Waals surface area contributed by atoms with Gasteiger partial charge in [-0.3, -0.25) is 4.79 Å². The summed E-state index contributed by atoms with van der Waals surface area (Å²) in [5.41, 5.74) is 0. The first-order chi connectivity index (χ1) is 13.3. The van der Waals surface area contributed by atoms with Crippen molar-refractivity contribution in [2.45, 2.75) is 64.8 Å². The lowest BCUT2D eigenvalue weighted by atomic mass is 9.93. The molecule has 2 saturated heterocycles. The molecule has 2 aliphatic rings. The molecule has 2 aliphatic heterocycles. The van der Waals surface area contributed by atoms with Gasteiger partial charge in [-0.25, -0.2) is 12.7 Å². The van der Waals surface area contributed by atoms with Gasteiger partial charge in [0, 0.05) is 38.1 Å². The van der Waals surface area contributed by atoms with Crippen molar-refractivity contribution in [2.24, 2.45) is 5.92 Å². The van der Waals surface area contributed by atoms with Crippen LogP contribution in [0.25, 0.3) is 0 Å². The molecule has 2 atom stereocenters. The van der Waals surface area contributed by atoms with Crippen molar-refractivity contribution in [3.63, 3.8) is 0 Å². The molecule has 0 radical (unpaired) electrons. The van der Waals surface area contributed by atoms with Gasteiger partial charge in [0.15, 0.2) is 0 Å². The molecule has 1 amide bonds. The summed E-state index contributed by atoms with van der Waals surface area (Å²) in [6, 6.07) is 0.284. The third-order valence-electron chi connectivity index (χ3n) is 5.84. The number of sulfonamides is 1. The smallest absolute Gasteiger partial charge is 0.227 e. The second-order valence-electron chi connectivity index (χ2n) is 8.33. The molecule has 28 heavy (non-hydrogen) atoms. The van der Waals surface area contributed by atoms with E-state index in [4.69, 9.17) is 0 Å². The van der Waals surface area contributed by atoms with Gasteiger partial charge in [-0.15, -0.1) is 10.2 Å². The minimum Gasteiger partial charge on any atom is -0.342 e. The lowest BCUT2D eigenvalue weighted by Crippen LogP contribution is -2.49. The molecule has 0 spiro atoms. The Bertz CT molecular complexity index is 776. The highest BCUT2D eigenvalue weighted by Crippen LogP contribution is 2.29. The second-order valence-corrected chi connectivity index (χ2v) is 10.4. The van der Waals surface area contributed by atoms with Gasteiger partial charge in [0.25, 0.3) is 0 Å². The molecule has 8 nitrogen and oxygen atoms in total. The molecular weight excluding hydrogens is 378 g/mol. The van der Waals surface area contributed by atoms with Crippen LogP contribution >= 0.6 is 0 Å². The molecule has 0 saturated carbocycles. The Morgan fingerprint density at radius 1 is 1.21 bits per heavy atom. The maximum absolute atomic E-state index is 13.2. The van der Waals surface area contributed by atoms with E-state index in [9.17, 15) is 13.2 Å². The highest BCUT2D eigenvalue weighted by molar-refractivity contribution is 7.89. The highest BCUT2D eigenvalue weighted by Gasteiger charge is 2.36. The third-order valence-corrected chi connectivity index (χ3v) is 7.89. The first-order valence-electron chi connectivity index (χ1n) is 10.5. The van der Waals surface area contributed by atoms with E-state index in [1.54, 1.807) is 6.33 Å². The number of amides is 1. The molecule has 0 N–H and O–H groups in total. The van der Waals surface area contributed by atoms with E-state index in [2.05, 4.69) is 28.6 Å². The molecule has 9 heteroatoms. The number of nitrogens with zero attached hydrogens (tertiary/aromatic N) is 5. The summed E-state index contributed by atoms with van der Waals surface area (Å²) >= 11 is 0. The molecule has 3 heterocycles. The molecule has 3 rings (SSSR count). The Morgan fingerprint density at radius 2 is 1.96 bits per heavy atom. The van der Waals surface area contributed by atoms with Crippen LogP contribution in [-0.2, 0) is 14.8 Å². The zero-order valence-corrected chi connectivity index (χ0v) is 18.1. The largest absolute Gasteiger partial charge is 0.342 e. The summed E-state index contributed by atoms with van der Waals surface area (Å²) in [6.07, 6.45) is 5.81. The monoisotopic (exact) mass is 411 g/mol. The van der Waals surface area contributed by atoms with Crippen molar-refractivity contribution in [1.82, 2.24) is 24.0 Å². The van der Waals surface area contributed by atoms with Crippen LogP contribution in [0.15, 0.2) is 6.33 Å². The van der Waals surface area contributed by atoms with Crippen LogP contribution in [0.1, 0.15) is 70.7 Å². The predicted molar refractivity (Wildman–Crippen MR) is 107 cm³/mol. The number of hydrogen-bond acceptors (Lipinski definition) is 5. The van der Waals surface area contributed by atoms with Crippen LogP contribution < -0.4 is 0 Å². The van der Waals surface area contributed by atoms with Gasteiger partial charge >= 0.3 is 0 Å². The van der Waals surface area contributed by atoms with Crippen LogP contribution in [0.3, 0.4) is 0 Å². The van der Waals surface area contributed by atoms with E-state index in [1.807, 2.05) is 11.8 Å². The lowest BCUT2D eigenvalue weighted by Gasteiger charge is -2.38. The van der Waals surface area contributed by atoms with Crippen molar-refractivity contribution >= 4 is 15.9 Å². The van der Waals surface area contributed by atoms with Crippen molar-refractivity contribution in [1.29, 1.82) is 0 Å². The first kappa shape index (κ1) is 21.2. The van der Waals surface area contributed by atoms with Crippen LogP contribution in [0.4, 0.5) is 0 Å². The van der Waals surface area contributed by atoms with Crippen LogP contribution in [0.2, 0.25) is 0 Å². The highest BCUT2D eigenvalue weighted by atomic mass is 32.2. The predicted octanol–water partition coefficient (Wildman–Crippen LogP) is 2.02. The summed E-state index contributed by atoms with van der Waals surface area (Å²) in [5.74, 6) is 1.15. The second kappa shape index (κ2) is 8.90. The Kier molecular flexibility index (Phi) is 6.75. The summed E-state index contributed by atoms with van der Waals surface area (Å²) in [4.78, 5) is 15.1. The molecule has 0 aromatic carbocycles. The minimum atomic E-state index is -3.25. The van der Waals surface area contributed by atoms with Crippen molar-refractivity contribution in [3.8, 4) is 0 Å². The standard InChI is InChI=1S/C19H33N5O3S/c1-4-11-28(26,27)23-10-6-8-17(13-23)19(25)22-9-5-7-16(12-22)18-21-20-14-24(18)15(2)3/h14-17H,4-13H2,1-3H3. The number of aromatic nitrogens is 3. The number of likely N-dealkylation sites (tertiary alicyclic amines) is 1. The number of carbonyl (C=O) groups excluding carboxylic acids is 1. The Morgan fingerprint density at radius 3 is 2.68 bits per heavy atom. The molecule has 158 valence electrons. The Hall–Kier alpha value is -1.48. The van der Waals surface area contributed by atoms with Crippen LogP contribution in [-0.4, -0.2) is 70.2 Å². The van der Waals surface area contributed by atoms with Crippen LogP contribution in [0, 0.1) is 5.92 Å². The SMILES string of the molecule is CCCS(=O)(=O)N1CCCC(C(=O)N2CCCC(c3nncn3C(C)C)C2)C1. The van der Waals surface area contributed by atoms with Gasteiger partial charge in [-0.05, 0) is 46.0 Å². The normalized spacial score (nSPS) is 24.6. The molecular formula is C19H33N5O3S. The molecule has 0 aliphatic carbocycles. The van der Waals surface area contributed by atoms with Gasteiger partial charge in [-0.1, -0.05) is 6.92 Å². The Balaban J connectivity index is 1.67. The van der Waals surface area contributed by atoms with Gasteiger partial charge in [-0.2, -0.15) is 0 Å². The summed E-state index contributed by atoms with van der Waals surface area (Å²) in [6.45, 7) is 8.31. The number of hydrogen-bond donors (Lipinski definition) is 0. The van der Waals surface area contributed by atoms with Gasteiger partial charge < -0.3 is 9.47 Å². The van der Waals surface area contributed by atoms with Crippen molar-refractivity contribution in [3.05, 3.63) is 12.2 Å². The molecule has 0 bridgehead atoms. The number of rotatable bonds is 6. The quantitative estimate of drug-likeness (QED) is 0.714. The fourth-order valence-corrected chi connectivity index (χ4v) is 5.96. The Labute approximate surface area is 168 Å². The fraction of sp³-hybridized carbons (Fsp3) is 0.842. The lowest BCUT2D eigenvalue weighted by molar-refractivity contribution is -0.138. The van der Waals surface area contributed by atoms with Gasteiger partial charge in [0.1, 0.15) is 12.2 Å². The average molecular weight is 412 g/mol. The van der Waals surface area contributed by atoms with E-state index in [0.717, 1.165) is 38.1 Å². The summed E-state index contributed by atoms with van der Waals surface area (Å²) < 4.78 is 28.5. The van der Waals surface area contributed by atoms with E-state index < -0.39 is 10.0 Å². The van der Waals surface area contributed by atoms with Crippen molar-refractivity contribution in [2.75, 3.05) is 31.9 Å². The van der Waals surface area contributed by atoms with Crippen LogP contribution in [0.5, 0.6) is 0 Å². The first-order valence-corrected chi connectivity index (χ1v) is 12.1. The summed E-state index contributed by atoms with van der Waals surface area (Å²) in [7, 11) is -3.25. The fourth-order valence-electron chi connectivity index (χ4n) is 4.37. The molecule has 2 fully saturated rings. The minimum absolute atomic E-state index is 0.0942. The molecule has 1 aromatic heterocycles. The van der Waals surface area contributed by atoms with Crippen molar-refractivity contribution < 1.29 is 13.2 Å². The number of carbonyl (C=O) groups is 1. The topological polar surface area (TPSA) is 88.4 Å². The van der Waals surface area contributed by atoms with E-state index in [1.165, 1.54) is 4.31 Å². The van der Waals surface area contributed by atoms with E-state index in [-0.39, 0.29) is 29.5 Å². The summed E-state index contributed by atoms with van der Waals surface area (Å²) in [5, 5.41) is 8.39.